The maximum Gasteiger partial charge on any atom is 0.310 e. The minimum Gasteiger partial charge on any atom is -0.481 e. The third-order valence-electron chi connectivity index (χ3n) is 4.25. The third-order valence-corrected chi connectivity index (χ3v) is 4.57. The van der Waals surface area contributed by atoms with Crippen molar-refractivity contribution in [3.05, 3.63) is 28.3 Å². The van der Waals surface area contributed by atoms with Crippen LogP contribution in [0.3, 0.4) is 0 Å². The van der Waals surface area contributed by atoms with Crippen molar-refractivity contribution in [1.82, 2.24) is 0 Å². The molecule has 0 aliphatic carbocycles. The average molecular weight is 284 g/mol. The molecule has 1 aromatic carbocycles. The fourth-order valence-electron chi connectivity index (χ4n) is 1.97. The average Bonchev–Trinajstić information content (AvgIpc) is 2.28. The van der Waals surface area contributed by atoms with E-state index in [9.17, 15) is 9.90 Å². The van der Waals surface area contributed by atoms with Gasteiger partial charge in [0.25, 0.3) is 0 Å². The highest BCUT2D eigenvalue weighted by Gasteiger charge is 2.44. The van der Waals surface area contributed by atoms with E-state index in [1.807, 2.05) is 33.8 Å². The Morgan fingerprint density at radius 2 is 1.84 bits per heavy atom. The molecule has 0 saturated carbocycles. The van der Waals surface area contributed by atoms with Crippen LogP contribution in [0.4, 0.5) is 5.69 Å². The molecule has 0 saturated heterocycles. The highest BCUT2D eigenvalue weighted by Crippen LogP contribution is 2.42. The molecule has 19 heavy (non-hydrogen) atoms. The molecule has 0 radical (unpaired) electrons. The number of halogens is 1. The number of carbonyl (C=O) groups is 1. The molecule has 0 aliphatic heterocycles. The number of nitrogens with two attached hydrogens (primary N) is 1. The van der Waals surface area contributed by atoms with E-state index in [1.54, 1.807) is 13.0 Å². The van der Waals surface area contributed by atoms with Crippen LogP contribution in [0.1, 0.15) is 38.8 Å². The van der Waals surface area contributed by atoms with E-state index in [4.69, 9.17) is 17.3 Å². The van der Waals surface area contributed by atoms with Crippen molar-refractivity contribution in [3.8, 4) is 0 Å². The smallest absolute Gasteiger partial charge is 0.310 e. The summed E-state index contributed by atoms with van der Waals surface area (Å²) in [5.74, 6) is -0.798. The predicted octanol–water partition coefficient (Wildman–Crippen LogP) is 3.91. The zero-order valence-corrected chi connectivity index (χ0v) is 12.9. The lowest BCUT2D eigenvalue weighted by molar-refractivity contribution is -0.154. The Bertz CT molecular complexity index is 506. The maximum absolute atomic E-state index is 11.7. The topological polar surface area (TPSA) is 63.3 Å². The predicted molar refractivity (Wildman–Crippen MR) is 79.5 cm³/mol. The summed E-state index contributed by atoms with van der Waals surface area (Å²) in [4.78, 5) is 11.7. The first kappa shape index (κ1) is 15.8. The second-order valence-electron chi connectivity index (χ2n) is 6.31. The van der Waals surface area contributed by atoms with E-state index < -0.39 is 11.4 Å². The van der Waals surface area contributed by atoms with Crippen molar-refractivity contribution in [2.24, 2.45) is 10.8 Å². The number of aliphatic carboxylic acids is 1. The van der Waals surface area contributed by atoms with E-state index in [0.717, 1.165) is 11.1 Å². The van der Waals surface area contributed by atoms with Gasteiger partial charge in [-0.3, -0.25) is 4.79 Å². The number of hydrogen-bond acceptors (Lipinski definition) is 2. The lowest BCUT2D eigenvalue weighted by Crippen LogP contribution is -2.42. The fraction of sp³-hybridized carbons (Fsp3) is 0.533. The molecule has 0 bridgehead atoms. The molecule has 4 heteroatoms. The summed E-state index contributed by atoms with van der Waals surface area (Å²) in [6.07, 6.45) is 0.430. The minimum atomic E-state index is -0.863. The van der Waals surface area contributed by atoms with Gasteiger partial charge in [0.05, 0.1) is 16.1 Å². The molecule has 1 aromatic rings. The summed E-state index contributed by atoms with van der Waals surface area (Å²) >= 11 is 5.97. The van der Waals surface area contributed by atoms with Crippen molar-refractivity contribution in [2.75, 3.05) is 5.73 Å². The van der Waals surface area contributed by atoms with Crippen molar-refractivity contribution in [3.63, 3.8) is 0 Å². The second kappa shape index (κ2) is 5.04. The van der Waals surface area contributed by atoms with E-state index in [0.29, 0.717) is 17.1 Å². The van der Waals surface area contributed by atoms with Gasteiger partial charge in [-0.05, 0) is 42.9 Å². The van der Waals surface area contributed by atoms with Crippen LogP contribution >= 0.6 is 11.6 Å². The van der Waals surface area contributed by atoms with Gasteiger partial charge in [0.15, 0.2) is 0 Å². The van der Waals surface area contributed by atoms with Gasteiger partial charge in [0.1, 0.15) is 0 Å². The normalized spacial score (nSPS) is 15.1. The molecule has 0 spiro atoms. The molecular weight excluding hydrogens is 262 g/mol. The lowest BCUT2D eigenvalue weighted by Gasteiger charge is -2.38. The van der Waals surface area contributed by atoms with Gasteiger partial charge in [0, 0.05) is 0 Å². The Hall–Kier alpha value is -1.22. The van der Waals surface area contributed by atoms with Gasteiger partial charge in [-0.15, -0.1) is 0 Å². The van der Waals surface area contributed by atoms with E-state index >= 15 is 0 Å². The van der Waals surface area contributed by atoms with Crippen LogP contribution in [0.15, 0.2) is 12.1 Å². The van der Waals surface area contributed by atoms with Crippen molar-refractivity contribution < 1.29 is 9.90 Å². The highest BCUT2D eigenvalue weighted by atomic mass is 35.5. The Labute approximate surface area is 119 Å². The van der Waals surface area contributed by atoms with Crippen molar-refractivity contribution >= 4 is 23.3 Å². The Morgan fingerprint density at radius 3 is 2.26 bits per heavy atom. The lowest BCUT2D eigenvalue weighted by atomic mass is 9.64. The summed E-state index contributed by atoms with van der Waals surface area (Å²) in [7, 11) is 0. The standard InChI is InChI=1S/C15H22ClNO2/c1-9-10(6-7-11(16)12(9)17)8-15(5,13(18)19)14(2,3)4/h6-7H,8,17H2,1-5H3,(H,18,19)/t15-/m0/s1. The number of nitrogen functional groups attached to an aromatic ring is 1. The molecule has 0 unspecified atom stereocenters. The first-order valence-electron chi connectivity index (χ1n) is 6.27. The van der Waals surface area contributed by atoms with Crippen molar-refractivity contribution in [1.29, 1.82) is 0 Å². The van der Waals surface area contributed by atoms with E-state index in [-0.39, 0.29) is 5.41 Å². The number of hydrogen-bond donors (Lipinski definition) is 2. The van der Waals surface area contributed by atoms with Crippen LogP contribution in [0, 0.1) is 17.8 Å². The van der Waals surface area contributed by atoms with Gasteiger partial charge >= 0.3 is 5.97 Å². The first-order chi connectivity index (χ1) is 8.50. The van der Waals surface area contributed by atoms with Crippen LogP contribution in [-0.4, -0.2) is 11.1 Å². The largest absolute Gasteiger partial charge is 0.481 e. The van der Waals surface area contributed by atoms with Crippen LogP contribution in [0.5, 0.6) is 0 Å². The third kappa shape index (κ3) is 2.86. The van der Waals surface area contributed by atoms with Gasteiger partial charge < -0.3 is 10.8 Å². The summed E-state index contributed by atoms with van der Waals surface area (Å²) < 4.78 is 0. The zero-order chi connectivity index (χ0) is 15.0. The van der Waals surface area contributed by atoms with Gasteiger partial charge in [-0.25, -0.2) is 0 Å². The quantitative estimate of drug-likeness (QED) is 0.827. The van der Waals surface area contributed by atoms with E-state index in [1.165, 1.54) is 0 Å². The van der Waals surface area contributed by atoms with Gasteiger partial charge in [0.2, 0.25) is 0 Å². The number of rotatable bonds is 3. The van der Waals surface area contributed by atoms with E-state index in [2.05, 4.69) is 0 Å². The Balaban J connectivity index is 3.27. The Kier molecular flexibility index (Phi) is 4.20. The minimum absolute atomic E-state index is 0.361. The molecule has 3 nitrogen and oxygen atoms in total. The van der Waals surface area contributed by atoms with Crippen LogP contribution < -0.4 is 5.73 Å². The zero-order valence-electron chi connectivity index (χ0n) is 12.2. The number of benzene rings is 1. The van der Waals surface area contributed by atoms with Crippen molar-refractivity contribution in [2.45, 2.75) is 41.0 Å². The number of anilines is 1. The molecule has 0 aromatic heterocycles. The molecule has 106 valence electrons. The SMILES string of the molecule is Cc1c(C[C@@](C)(C(=O)O)C(C)(C)C)ccc(Cl)c1N. The monoisotopic (exact) mass is 283 g/mol. The van der Waals surface area contributed by atoms with Gasteiger partial charge in [-0.1, -0.05) is 38.4 Å². The van der Waals surface area contributed by atoms with Crippen LogP contribution in [-0.2, 0) is 11.2 Å². The number of carboxylic acid groups (broad SMARTS) is 1. The second-order valence-corrected chi connectivity index (χ2v) is 6.72. The maximum atomic E-state index is 11.7. The summed E-state index contributed by atoms with van der Waals surface area (Å²) in [6.45, 7) is 9.47. The molecule has 0 amide bonds. The highest BCUT2D eigenvalue weighted by molar-refractivity contribution is 6.33. The Morgan fingerprint density at radius 1 is 1.32 bits per heavy atom. The first-order valence-corrected chi connectivity index (χ1v) is 6.65. The fourth-order valence-corrected chi connectivity index (χ4v) is 2.18. The molecule has 0 heterocycles. The summed E-state index contributed by atoms with van der Waals surface area (Å²) in [6, 6.07) is 3.59. The number of carboxylic acids is 1. The molecule has 1 rings (SSSR count). The summed E-state index contributed by atoms with van der Waals surface area (Å²) in [5, 5.41) is 10.1. The molecule has 3 N–H and O–H groups in total. The molecule has 0 aliphatic rings. The molecular formula is C15H22ClNO2. The van der Waals surface area contributed by atoms with Crippen LogP contribution in [0.2, 0.25) is 5.02 Å². The summed E-state index contributed by atoms with van der Waals surface area (Å²) in [5.41, 5.74) is 7.01. The van der Waals surface area contributed by atoms with Gasteiger partial charge in [-0.2, -0.15) is 0 Å². The molecule has 1 atom stereocenters. The van der Waals surface area contributed by atoms with Crippen LogP contribution in [0.25, 0.3) is 0 Å². The molecule has 0 fully saturated rings.